The third-order valence-corrected chi connectivity index (χ3v) is 5.03. The Balaban J connectivity index is 1.77. The lowest BCUT2D eigenvalue weighted by Gasteiger charge is -2.49. The topological polar surface area (TPSA) is 90.5 Å². The van der Waals surface area contributed by atoms with Gasteiger partial charge in [-0.3, -0.25) is 14.8 Å². The summed E-state index contributed by atoms with van der Waals surface area (Å²) in [5.41, 5.74) is 0.229. The molecule has 2 heterocycles. The second kappa shape index (κ2) is 8.16. The van der Waals surface area contributed by atoms with Gasteiger partial charge in [0.1, 0.15) is 0 Å². The molecule has 1 fully saturated rings. The number of aryl methyl sites for hydroxylation is 1. The maximum absolute atomic E-state index is 13.9. The number of nitrogens with zero attached hydrogens (tertiary/aromatic N) is 2. The average molecular weight is 376 g/mol. The highest BCUT2D eigenvalue weighted by atomic mass is 19.1. The molecule has 1 amide bonds. The van der Waals surface area contributed by atoms with E-state index in [1.165, 1.54) is 6.92 Å². The Hall–Kier alpha value is -2.29. The molecular weight excluding hydrogens is 351 g/mol. The smallest absolute Gasteiger partial charge is 0.274 e. The van der Waals surface area contributed by atoms with Gasteiger partial charge in [0.25, 0.3) is 5.91 Å². The van der Waals surface area contributed by atoms with E-state index < -0.39 is 17.3 Å². The molecule has 1 saturated heterocycles. The highest BCUT2D eigenvalue weighted by molar-refractivity contribution is 5.92. The molecule has 0 aliphatic carbocycles. The second-order valence-electron chi connectivity index (χ2n) is 7.05. The van der Waals surface area contributed by atoms with E-state index in [1.807, 2.05) is 37.3 Å². The Bertz CT molecular complexity index is 783. The summed E-state index contributed by atoms with van der Waals surface area (Å²) in [6.07, 6.45) is 0. The lowest BCUT2D eigenvalue weighted by molar-refractivity contribution is -0.121. The first-order valence-electron chi connectivity index (χ1n) is 8.95. The van der Waals surface area contributed by atoms with Crippen molar-refractivity contribution in [1.82, 2.24) is 20.4 Å². The molecule has 2 atom stereocenters. The van der Waals surface area contributed by atoms with Gasteiger partial charge in [-0.2, -0.15) is 5.10 Å². The van der Waals surface area contributed by atoms with E-state index in [0.29, 0.717) is 13.2 Å². The maximum Gasteiger partial charge on any atom is 0.274 e. The lowest BCUT2D eigenvalue weighted by Crippen LogP contribution is -2.66. The van der Waals surface area contributed by atoms with Crippen LogP contribution in [0.2, 0.25) is 0 Å². The van der Waals surface area contributed by atoms with Crippen LogP contribution in [0.5, 0.6) is 0 Å². The molecule has 0 radical (unpaired) electrons. The minimum Gasteiger partial charge on any atom is -0.394 e. The third kappa shape index (κ3) is 4.02. The van der Waals surface area contributed by atoms with Crippen LogP contribution in [0.3, 0.4) is 0 Å². The van der Waals surface area contributed by atoms with E-state index in [-0.39, 0.29) is 37.2 Å². The Labute approximate surface area is 157 Å². The fourth-order valence-corrected chi connectivity index (χ4v) is 3.40. The molecule has 1 aromatic carbocycles. The van der Waals surface area contributed by atoms with Crippen molar-refractivity contribution in [2.75, 3.05) is 26.4 Å². The Kier molecular flexibility index (Phi) is 5.88. The van der Waals surface area contributed by atoms with E-state index in [9.17, 15) is 14.3 Å². The largest absolute Gasteiger partial charge is 0.394 e. The van der Waals surface area contributed by atoms with Gasteiger partial charge in [-0.25, -0.2) is 4.39 Å². The predicted octanol–water partition coefficient (Wildman–Crippen LogP) is 1.24. The summed E-state index contributed by atoms with van der Waals surface area (Å²) in [5, 5.41) is 19.1. The molecule has 1 aliphatic rings. The van der Waals surface area contributed by atoms with Crippen LogP contribution in [-0.4, -0.2) is 64.1 Å². The number of carbonyl (C=O) groups excluding carboxylic acids is 1. The van der Waals surface area contributed by atoms with Gasteiger partial charge in [0.05, 0.1) is 31.1 Å². The molecule has 3 rings (SSSR count). The SMILES string of the molecule is Cc1[nH]nc(C(=O)NC[C@]2(CO)COC[C@@H](C)N2Cc2ccccc2)c1F. The Morgan fingerprint density at radius 3 is 2.85 bits per heavy atom. The predicted molar refractivity (Wildman–Crippen MR) is 97.7 cm³/mol. The summed E-state index contributed by atoms with van der Waals surface area (Å²) >= 11 is 0. The number of H-pyrrole nitrogens is 1. The number of aliphatic hydroxyl groups is 1. The molecule has 7 nitrogen and oxygen atoms in total. The first kappa shape index (κ1) is 19.5. The fourth-order valence-electron chi connectivity index (χ4n) is 3.40. The first-order chi connectivity index (χ1) is 13.0. The van der Waals surface area contributed by atoms with E-state index in [1.54, 1.807) is 0 Å². The van der Waals surface area contributed by atoms with Crippen molar-refractivity contribution in [3.63, 3.8) is 0 Å². The van der Waals surface area contributed by atoms with Crippen LogP contribution in [0.4, 0.5) is 4.39 Å². The number of morpholine rings is 1. The summed E-state index contributed by atoms with van der Waals surface area (Å²) in [6, 6.07) is 9.96. The number of aliphatic hydroxyl groups excluding tert-OH is 1. The van der Waals surface area contributed by atoms with Crippen molar-refractivity contribution in [2.24, 2.45) is 0 Å². The molecule has 2 aromatic rings. The Morgan fingerprint density at radius 2 is 2.22 bits per heavy atom. The van der Waals surface area contributed by atoms with Crippen LogP contribution in [-0.2, 0) is 11.3 Å². The molecule has 0 bridgehead atoms. The number of hydrogen-bond donors (Lipinski definition) is 3. The highest BCUT2D eigenvalue weighted by Crippen LogP contribution is 2.26. The van der Waals surface area contributed by atoms with Gasteiger partial charge in [-0.15, -0.1) is 0 Å². The normalized spacial score (nSPS) is 23.3. The number of rotatable bonds is 6. The second-order valence-corrected chi connectivity index (χ2v) is 7.05. The fraction of sp³-hybridized carbons (Fsp3) is 0.474. The van der Waals surface area contributed by atoms with Crippen molar-refractivity contribution in [3.8, 4) is 0 Å². The molecule has 1 aromatic heterocycles. The first-order valence-corrected chi connectivity index (χ1v) is 8.95. The molecule has 0 spiro atoms. The zero-order valence-electron chi connectivity index (χ0n) is 15.5. The molecule has 1 aliphatic heterocycles. The third-order valence-electron chi connectivity index (χ3n) is 5.03. The molecule has 8 heteroatoms. The van der Waals surface area contributed by atoms with Crippen LogP contribution < -0.4 is 5.32 Å². The number of ether oxygens (including phenoxy) is 1. The maximum atomic E-state index is 13.9. The molecule has 146 valence electrons. The van der Waals surface area contributed by atoms with Gasteiger partial charge in [-0.05, 0) is 19.4 Å². The summed E-state index contributed by atoms with van der Waals surface area (Å²) in [7, 11) is 0. The summed E-state index contributed by atoms with van der Waals surface area (Å²) in [5.74, 6) is -1.29. The van der Waals surface area contributed by atoms with Gasteiger partial charge in [0, 0.05) is 19.1 Å². The van der Waals surface area contributed by atoms with Crippen LogP contribution in [0, 0.1) is 12.7 Å². The number of aromatic nitrogens is 2. The number of carbonyl (C=O) groups is 1. The zero-order valence-corrected chi connectivity index (χ0v) is 15.5. The average Bonchev–Trinajstić information content (AvgIpc) is 3.02. The van der Waals surface area contributed by atoms with Gasteiger partial charge in [0.2, 0.25) is 0 Å². The van der Waals surface area contributed by atoms with Crippen LogP contribution in [0.15, 0.2) is 30.3 Å². The lowest BCUT2D eigenvalue weighted by atomic mass is 9.94. The zero-order chi connectivity index (χ0) is 19.4. The summed E-state index contributed by atoms with van der Waals surface area (Å²) in [4.78, 5) is 14.5. The van der Waals surface area contributed by atoms with Crippen molar-refractivity contribution in [1.29, 1.82) is 0 Å². The Morgan fingerprint density at radius 1 is 1.48 bits per heavy atom. The number of amides is 1. The minimum absolute atomic E-state index is 0.0485. The molecule has 0 unspecified atom stereocenters. The monoisotopic (exact) mass is 376 g/mol. The molecule has 3 N–H and O–H groups in total. The van der Waals surface area contributed by atoms with E-state index in [4.69, 9.17) is 4.74 Å². The van der Waals surface area contributed by atoms with Crippen molar-refractivity contribution >= 4 is 5.91 Å². The number of aromatic amines is 1. The summed E-state index contributed by atoms with van der Waals surface area (Å²) in [6.45, 7) is 4.85. The number of hydrogen-bond acceptors (Lipinski definition) is 5. The highest BCUT2D eigenvalue weighted by Gasteiger charge is 2.43. The quantitative estimate of drug-likeness (QED) is 0.706. The van der Waals surface area contributed by atoms with E-state index >= 15 is 0 Å². The number of nitrogens with one attached hydrogen (secondary N) is 2. The van der Waals surface area contributed by atoms with E-state index in [2.05, 4.69) is 20.4 Å². The van der Waals surface area contributed by atoms with E-state index in [0.717, 1.165) is 5.56 Å². The standard InChI is InChI=1S/C19H25FN4O3/c1-13-9-27-12-19(11-25,24(13)8-15-6-4-3-5-7-15)10-21-18(26)17-16(20)14(2)22-23-17/h3-7,13,25H,8-12H2,1-2H3,(H,21,26)(H,22,23)/t13-,19+/m1/s1. The van der Waals surface area contributed by atoms with Gasteiger partial charge >= 0.3 is 0 Å². The van der Waals surface area contributed by atoms with Crippen LogP contribution in [0.1, 0.15) is 28.7 Å². The van der Waals surface area contributed by atoms with Crippen molar-refractivity contribution in [2.45, 2.75) is 32.0 Å². The summed E-state index contributed by atoms with van der Waals surface area (Å²) < 4.78 is 19.6. The van der Waals surface area contributed by atoms with Gasteiger partial charge in [0.15, 0.2) is 11.5 Å². The van der Waals surface area contributed by atoms with Crippen molar-refractivity contribution in [3.05, 3.63) is 53.1 Å². The molecular formula is C19H25FN4O3. The van der Waals surface area contributed by atoms with Crippen LogP contribution in [0.25, 0.3) is 0 Å². The molecule has 27 heavy (non-hydrogen) atoms. The van der Waals surface area contributed by atoms with Gasteiger partial charge < -0.3 is 15.2 Å². The number of benzene rings is 1. The minimum atomic E-state index is -0.801. The molecule has 0 saturated carbocycles. The van der Waals surface area contributed by atoms with Gasteiger partial charge in [-0.1, -0.05) is 30.3 Å². The number of halogens is 1. The van der Waals surface area contributed by atoms with Crippen LogP contribution >= 0.6 is 0 Å². The van der Waals surface area contributed by atoms with Crippen molar-refractivity contribution < 1.29 is 19.0 Å².